The van der Waals surface area contributed by atoms with Crippen molar-refractivity contribution in [1.29, 1.82) is 0 Å². The molecule has 33 heavy (non-hydrogen) atoms. The van der Waals surface area contributed by atoms with Crippen molar-refractivity contribution in [1.82, 2.24) is 24.9 Å². The molecule has 0 atom stereocenters. The van der Waals surface area contributed by atoms with Gasteiger partial charge in [-0.2, -0.15) is 10.2 Å². The summed E-state index contributed by atoms with van der Waals surface area (Å²) < 4.78 is 15.8. The number of nitrogens with one attached hydrogen (secondary N) is 1. The van der Waals surface area contributed by atoms with Gasteiger partial charge in [0.25, 0.3) is 17.0 Å². The predicted octanol–water partition coefficient (Wildman–Crippen LogP) is 2.08. The van der Waals surface area contributed by atoms with Gasteiger partial charge in [-0.3, -0.25) is 14.4 Å². The normalized spacial score (nSPS) is 10.7. The summed E-state index contributed by atoms with van der Waals surface area (Å²) in [4.78, 5) is 36.8. The molecule has 2 aromatic carbocycles. The third-order valence-corrected chi connectivity index (χ3v) is 4.87. The third kappa shape index (κ3) is 5.45. The lowest BCUT2D eigenvalue weighted by Gasteiger charge is -2.10. The summed E-state index contributed by atoms with van der Waals surface area (Å²) in [7, 11) is 0. The van der Waals surface area contributed by atoms with E-state index in [2.05, 4.69) is 15.5 Å². The Morgan fingerprint density at radius 3 is 2.39 bits per heavy atom. The molecular weight excluding hydrogens is 425 g/mol. The average molecular weight is 445 g/mol. The van der Waals surface area contributed by atoms with Crippen molar-refractivity contribution in [3.63, 3.8) is 0 Å². The van der Waals surface area contributed by atoms with Crippen LogP contribution in [0, 0.1) is 5.82 Å². The lowest BCUT2D eigenvalue weighted by Crippen LogP contribution is -2.34. The molecule has 0 spiro atoms. The van der Waals surface area contributed by atoms with Crippen LogP contribution in [-0.2, 0) is 13.1 Å². The Balaban J connectivity index is 1.42. The molecule has 1 N–H and O–H groups in total. The monoisotopic (exact) mass is 445 g/mol. The number of halogens is 1. The number of rotatable bonds is 7. The highest BCUT2D eigenvalue weighted by Gasteiger charge is 2.11. The van der Waals surface area contributed by atoms with Crippen LogP contribution in [0.15, 0.2) is 88.5 Å². The van der Waals surface area contributed by atoms with Crippen molar-refractivity contribution in [2.45, 2.75) is 13.1 Å². The van der Waals surface area contributed by atoms with Crippen LogP contribution in [0.1, 0.15) is 16.1 Å². The molecule has 0 aliphatic carbocycles. The minimum atomic E-state index is -0.504. The number of benzene rings is 2. The van der Waals surface area contributed by atoms with Crippen LogP contribution in [0.5, 0.6) is 0 Å². The quantitative estimate of drug-likeness (QED) is 0.470. The minimum Gasteiger partial charge on any atom is -0.349 e. The van der Waals surface area contributed by atoms with E-state index in [9.17, 15) is 18.8 Å². The standard InChI is InChI=1S/C24H20FN5O3/c25-19-8-4-5-17(15-19)16-30-23(32)12-10-21(28-30)24(33)26-13-14-29-22(31)11-9-20(27-29)18-6-2-1-3-7-18/h1-12,15H,13-14,16H2,(H,26,33). The zero-order valence-electron chi connectivity index (χ0n) is 17.5. The lowest BCUT2D eigenvalue weighted by atomic mass is 10.1. The first-order valence-corrected chi connectivity index (χ1v) is 10.2. The number of amides is 1. The maximum absolute atomic E-state index is 13.4. The topological polar surface area (TPSA) is 98.9 Å². The summed E-state index contributed by atoms with van der Waals surface area (Å²) in [5.41, 5.74) is 1.40. The summed E-state index contributed by atoms with van der Waals surface area (Å²) in [6.07, 6.45) is 0. The minimum absolute atomic E-state index is 0.0311. The van der Waals surface area contributed by atoms with Gasteiger partial charge in [-0.25, -0.2) is 13.8 Å². The van der Waals surface area contributed by atoms with E-state index < -0.39 is 17.3 Å². The molecule has 4 rings (SSSR count). The van der Waals surface area contributed by atoms with Crippen molar-refractivity contribution in [3.8, 4) is 11.3 Å². The molecule has 2 heterocycles. The van der Waals surface area contributed by atoms with Gasteiger partial charge in [-0.15, -0.1) is 0 Å². The summed E-state index contributed by atoms with van der Waals surface area (Å²) in [6.45, 7) is 0.326. The van der Waals surface area contributed by atoms with Gasteiger partial charge in [0.15, 0.2) is 0 Å². The van der Waals surface area contributed by atoms with E-state index in [1.807, 2.05) is 30.3 Å². The molecule has 0 saturated carbocycles. The van der Waals surface area contributed by atoms with Gasteiger partial charge in [0.1, 0.15) is 11.5 Å². The van der Waals surface area contributed by atoms with Gasteiger partial charge in [-0.1, -0.05) is 42.5 Å². The fraction of sp³-hybridized carbons (Fsp3) is 0.125. The highest BCUT2D eigenvalue weighted by molar-refractivity contribution is 5.91. The van der Waals surface area contributed by atoms with Crippen LogP contribution in [0.25, 0.3) is 11.3 Å². The molecule has 4 aromatic rings. The average Bonchev–Trinajstić information content (AvgIpc) is 2.82. The SMILES string of the molecule is O=C(NCCn1nc(-c2ccccc2)ccc1=O)c1ccc(=O)n(Cc2cccc(F)c2)n1. The van der Waals surface area contributed by atoms with Gasteiger partial charge in [-0.05, 0) is 29.8 Å². The number of carbonyl (C=O) groups excluding carboxylic acids is 1. The zero-order chi connectivity index (χ0) is 23.2. The Labute approximate surface area is 187 Å². The second-order valence-electron chi connectivity index (χ2n) is 7.25. The highest BCUT2D eigenvalue weighted by atomic mass is 19.1. The van der Waals surface area contributed by atoms with E-state index in [0.29, 0.717) is 11.3 Å². The van der Waals surface area contributed by atoms with Crippen LogP contribution in [0.3, 0.4) is 0 Å². The predicted molar refractivity (Wildman–Crippen MR) is 120 cm³/mol. The molecular formula is C24H20FN5O3. The Morgan fingerprint density at radius 1 is 0.848 bits per heavy atom. The number of aromatic nitrogens is 4. The van der Waals surface area contributed by atoms with Gasteiger partial charge in [0, 0.05) is 24.2 Å². The fourth-order valence-electron chi connectivity index (χ4n) is 3.23. The van der Waals surface area contributed by atoms with Gasteiger partial charge in [0.05, 0.1) is 18.8 Å². The van der Waals surface area contributed by atoms with Crippen LogP contribution in [-0.4, -0.2) is 32.0 Å². The van der Waals surface area contributed by atoms with Gasteiger partial charge in [0.2, 0.25) is 0 Å². The Kier molecular flexibility index (Phi) is 6.49. The second-order valence-corrected chi connectivity index (χ2v) is 7.25. The number of hydrogen-bond donors (Lipinski definition) is 1. The van der Waals surface area contributed by atoms with E-state index in [0.717, 1.165) is 10.2 Å². The Hall–Kier alpha value is -4.40. The lowest BCUT2D eigenvalue weighted by molar-refractivity contribution is 0.0944. The molecule has 8 nitrogen and oxygen atoms in total. The fourth-order valence-corrected chi connectivity index (χ4v) is 3.23. The maximum Gasteiger partial charge on any atom is 0.271 e. The molecule has 166 valence electrons. The first kappa shape index (κ1) is 21.8. The molecule has 1 amide bonds. The smallest absolute Gasteiger partial charge is 0.271 e. The summed E-state index contributed by atoms with van der Waals surface area (Å²) in [5, 5.41) is 11.1. The number of carbonyl (C=O) groups is 1. The second kappa shape index (κ2) is 9.82. The first-order valence-electron chi connectivity index (χ1n) is 10.2. The van der Waals surface area contributed by atoms with E-state index in [4.69, 9.17) is 0 Å². The van der Waals surface area contributed by atoms with Gasteiger partial charge >= 0.3 is 0 Å². The zero-order valence-corrected chi connectivity index (χ0v) is 17.5. The molecule has 0 bridgehead atoms. The molecule has 9 heteroatoms. The van der Waals surface area contributed by atoms with E-state index in [1.165, 1.54) is 41.1 Å². The Bertz CT molecular complexity index is 1400. The number of hydrogen-bond acceptors (Lipinski definition) is 5. The molecule has 0 saturated heterocycles. The van der Waals surface area contributed by atoms with Gasteiger partial charge < -0.3 is 5.32 Å². The van der Waals surface area contributed by atoms with Crippen molar-refractivity contribution >= 4 is 5.91 Å². The van der Waals surface area contributed by atoms with Crippen LogP contribution >= 0.6 is 0 Å². The molecule has 0 unspecified atom stereocenters. The largest absolute Gasteiger partial charge is 0.349 e. The van der Waals surface area contributed by atoms with E-state index in [-0.39, 0.29) is 30.9 Å². The van der Waals surface area contributed by atoms with E-state index in [1.54, 1.807) is 12.1 Å². The molecule has 0 aliphatic heterocycles. The highest BCUT2D eigenvalue weighted by Crippen LogP contribution is 2.13. The Morgan fingerprint density at radius 2 is 1.61 bits per heavy atom. The van der Waals surface area contributed by atoms with Crippen LogP contribution in [0.4, 0.5) is 4.39 Å². The number of nitrogens with zero attached hydrogens (tertiary/aromatic N) is 4. The molecule has 0 radical (unpaired) electrons. The molecule has 0 fully saturated rings. The van der Waals surface area contributed by atoms with Crippen LogP contribution < -0.4 is 16.4 Å². The summed E-state index contributed by atoms with van der Waals surface area (Å²) in [5.74, 6) is -0.926. The molecule has 0 aliphatic rings. The summed E-state index contributed by atoms with van der Waals surface area (Å²) in [6, 6.07) is 20.9. The third-order valence-electron chi connectivity index (χ3n) is 4.87. The summed E-state index contributed by atoms with van der Waals surface area (Å²) >= 11 is 0. The van der Waals surface area contributed by atoms with Crippen molar-refractivity contribution in [2.75, 3.05) is 6.54 Å². The molecule has 2 aromatic heterocycles. The maximum atomic E-state index is 13.4. The van der Waals surface area contributed by atoms with Crippen LogP contribution in [0.2, 0.25) is 0 Å². The van der Waals surface area contributed by atoms with Crippen molar-refractivity contribution in [3.05, 3.63) is 117 Å². The van der Waals surface area contributed by atoms with E-state index >= 15 is 0 Å². The first-order chi connectivity index (χ1) is 16.0. The van der Waals surface area contributed by atoms with Crippen molar-refractivity contribution < 1.29 is 9.18 Å². The van der Waals surface area contributed by atoms with Crippen molar-refractivity contribution in [2.24, 2.45) is 0 Å².